The van der Waals surface area contributed by atoms with E-state index >= 15 is 0 Å². The molecule has 1 N–H and O–H groups in total. The van der Waals surface area contributed by atoms with Crippen LogP contribution in [0.5, 0.6) is 5.88 Å². The molecule has 0 unspecified atom stereocenters. The van der Waals surface area contributed by atoms with Crippen LogP contribution in [-0.4, -0.2) is 27.1 Å². The van der Waals surface area contributed by atoms with E-state index in [0.29, 0.717) is 12.3 Å². The fourth-order valence-corrected chi connectivity index (χ4v) is 3.62. The van der Waals surface area contributed by atoms with E-state index in [2.05, 4.69) is 28.2 Å². The first-order valence-corrected chi connectivity index (χ1v) is 9.13. The zero-order chi connectivity index (χ0) is 17.6. The number of nitrogens with zero attached hydrogens (tertiary/aromatic N) is 2. The number of aromatic nitrogens is 2. The first-order valence-electron chi connectivity index (χ1n) is 8.32. The Morgan fingerprint density at radius 1 is 1.24 bits per heavy atom. The lowest BCUT2D eigenvalue weighted by atomic mass is 10.1. The summed E-state index contributed by atoms with van der Waals surface area (Å²) in [6.07, 6.45) is 4.00. The molecule has 130 valence electrons. The summed E-state index contributed by atoms with van der Waals surface area (Å²) in [4.78, 5) is 21.2. The highest BCUT2D eigenvalue weighted by atomic mass is 32.1. The van der Waals surface area contributed by atoms with Gasteiger partial charge in [-0.25, -0.2) is 9.97 Å². The molecule has 2 aromatic heterocycles. The van der Waals surface area contributed by atoms with Crippen LogP contribution in [-0.2, 0) is 4.79 Å². The smallest absolute Gasteiger partial charge is 0.303 e. The Kier molecular flexibility index (Phi) is 5.60. The summed E-state index contributed by atoms with van der Waals surface area (Å²) < 4.78 is 5.99. The van der Waals surface area contributed by atoms with Crippen LogP contribution in [0.4, 0.5) is 0 Å². The van der Waals surface area contributed by atoms with Gasteiger partial charge >= 0.3 is 5.97 Å². The zero-order valence-electron chi connectivity index (χ0n) is 14.0. The van der Waals surface area contributed by atoms with Gasteiger partial charge in [-0.05, 0) is 37.8 Å². The van der Waals surface area contributed by atoms with E-state index in [-0.39, 0.29) is 12.5 Å². The maximum absolute atomic E-state index is 10.6. The van der Waals surface area contributed by atoms with Gasteiger partial charge in [-0.15, -0.1) is 11.3 Å². The van der Waals surface area contributed by atoms with Crippen molar-refractivity contribution in [2.45, 2.75) is 38.7 Å². The molecule has 0 bridgehead atoms. The maximum Gasteiger partial charge on any atom is 0.303 e. The molecule has 0 fully saturated rings. The molecule has 25 heavy (non-hydrogen) atoms. The second-order valence-electron chi connectivity index (χ2n) is 5.94. The minimum Gasteiger partial charge on any atom is -0.481 e. The molecule has 1 atom stereocenters. The maximum atomic E-state index is 10.6. The molecule has 1 aromatic carbocycles. The van der Waals surface area contributed by atoms with E-state index in [4.69, 9.17) is 9.84 Å². The molecule has 0 radical (unpaired) electrons. The summed E-state index contributed by atoms with van der Waals surface area (Å²) in [5.74, 6) is -0.160. The van der Waals surface area contributed by atoms with Gasteiger partial charge in [-0.3, -0.25) is 4.79 Å². The predicted octanol–water partition coefficient (Wildman–Crippen LogP) is 4.77. The topological polar surface area (TPSA) is 72.3 Å². The van der Waals surface area contributed by atoms with Crippen LogP contribution in [0.25, 0.3) is 20.7 Å². The van der Waals surface area contributed by atoms with Crippen molar-refractivity contribution < 1.29 is 14.6 Å². The number of unbranched alkanes of at least 4 members (excludes halogenated alkanes) is 1. The summed E-state index contributed by atoms with van der Waals surface area (Å²) in [5, 5.41) is 9.60. The van der Waals surface area contributed by atoms with Crippen LogP contribution in [0.2, 0.25) is 0 Å². The van der Waals surface area contributed by atoms with E-state index in [1.807, 2.05) is 25.1 Å². The van der Waals surface area contributed by atoms with Crippen molar-refractivity contribution in [1.29, 1.82) is 0 Å². The Labute approximate surface area is 150 Å². The van der Waals surface area contributed by atoms with Gasteiger partial charge in [0.25, 0.3) is 0 Å². The van der Waals surface area contributed by atoms with E-state index in [1.54, 1.807) is 11.3 Å². The van der Waals surface area contributed by atoms with Crippen LogP contribution in [0, 0.1) is 0 Å². The number of fused-ring (bicyclic) bond motifs is 1. The molecule has 0 saturated heterocycles. The Bertz CT molecular complexity index is 848. The average molecular weight is 356 g/mol. The van der Waals surface area contributed by atoms with E-state index in [1.165, 1.54) is 6.33 Å². The van der Waals surface area contributed by atoms with Gasteiger partial charge in [0.1, 0.15) is 11.2 Å². The number of carbonyl (C=O) groups is 1. The third-order valence-electron chi connectivity index (χ3n) is 3.92. The van der Waals surface area contributed by atoms with Crippen LogP contribution in [0.1, 0.15) is 32.6 Å². The first kappa shape index (κ1) is 17.4. The highest BCUT2D eigenvalue weighted by Gasteiger charge is 2.13. The van der Waals surface area contributed by atoms with Crippen molar-refractivity contribution in [1.82, 2.24) is 9.97 Å². The summed E-state index contributed by atoms with van der Waals surface area (Å²) >= 11 is 1.62. The van der Waals surface area contributed by atoms with Crippen molar-refractivity contribution in [3.8, 4) is 16.3 Å². The largest absolute Gasteiger partial charge is 0.481 e. The molecule has 0 aliphatic heterocycles. The predicted molar refractivity (Wildman–Crippen MR) is 99.0 cm³/mol. The molecule has 0 saturated carbocycles. The third-order valence-corrected chi connectivity index (χ3v) is 5.01. The fourth-order valence-electron chi connectivity index (χ4n) is 2.63. The Morgan fingerprint density at radius 2 is 2.04 bits per heavy atom. The number of hydrogen-bond acceptors (Lipinski definition) is 5. The van der Waals surface area contributed by atoms with Crippen molar-refractivity contribution in [3.05, 3.63) is 42.7 Å². The average Bonchev–Trinajstić information content (AvgIpc) is 3.05. The van der Waals surface area contributed by atoms with Crippen molar-refractivity contribution in [2.75, 3.05) is 0 Å². The van der Waals surface area contributed by atoms with Crippen molar-refractivity contribution in [2.24, 2.45) is 0 Å². The molecular formula is C19H20N2O3S. The molecule has 2 heterocycles. The van der Waals surface area contributed by atoms with Gasteiger partial charge in [-0.2, -0.15) is 0 Å². The first-order chi connectivity index (χ1) is 12.1. The lowest BCUT2D eigenvalue weighted by Crippen LogP contribution is -2.12. The van der Waals surface area contributed by atoms with Crippen LogP contribution >= 0.6 is 11.3 Å². The third kappa shape index (κ3) is 4.54. The summed E-state index contributed by atoms with van der Waals surface area (Å²) in [6, 6.07) is 12.2. The molecular weight excluding hydrogens is 336 g/mol. The molecule has 0 aliphatic carbocycles. The lowest BCUT2D eigenvalue weighted by Gasteiger charge is -2.13. The quantitative estimate of drug-likeness (QED) is 0.589. The number of thiophene rings is 1. The van der Waals surface area contributed by atoms with Crippen LogP contribution in [0.15, 0.2) is 42.7 Å². The molecule has 3 aromatic rings. The lowest BCUT2D eigenvalue weighted by molar-refractivity contribution is -0.137. The van der Waals surface area contributed by atoms with Gasteiger partial charge in [0, 0.05) is 11.3 Å². The molecule has 3 rings (SSSR count). The minimum absolute atomic E-state index is 0.0213. The summed E-state index contributed by atoms with van der Waals surface area (Å²) in [7, 11) is 0. The SMILES string of the molecule is C[C@H](CCCCC(=O)O)Oc1ncnc2sc(-c3ccccc3)cc12. The molecule has 0 amide bonds. The second-order valence-corrected chi connectivity index (χ2v) is 6.97. The van der Waals surface area contributed by atoms with Gasteiger partial charge in [0.05, 0.1) is 11.5 Å². The van der Waals surface area contributed by atoms with Gasteiger partial charge in [0.2, 0.25) is 5.88 Å². The molecule has 5 nitrogen and oxygen atoms in total. The number of rotatable bonds is 8. The fraction of sp³-hybridized carbons (Fsp3) is 0.316. The molecule has 0 aliphatic rings. The zero-order valence-corrected chi connectivity index (χ0v) is 14.8. The highest BCUT2D eigenvalue weighted by molar-refractivity contribution is 7.21. The highest BCUT2D eigenvalue weighted by Crippen LogP contribution is 2.36. The van der Waals surface area contributed by atoms with Gasteiger partial charge in [0.15, 0.2) is 0 Å². The number of carboxylic acids is 1. The normalized spacial score (nSPS) is 12.2. The van der Waals surface area contributed by atoms with Gasteiger partial charge in [-0.1, -0.05) is 30.3 Å². The van der Waals surface area contributed by atoms with Gasteiger partial charge < -0.3 is 9.84 Å². The number of benzene rings is 1. The monoisotopic (exact) mass is 356 g/mol. The summed E-state index contributed by atoms with van der Waals surface area (Å²) in [6.45, 7) is 1.99. The molecule has 6 heteroatoms. The Morgan fingerprint density at radius 3 is 2.80 bits per heavy atom. The van der Waals surface area contributed by atoms with Crippen molar-refractivity contribution >= 4 is 27.5 Å². The van der Waals surface area contributed by atoms with Crippen LogP contribution < -0.4 is 4.74 Å². The summed E-state index contributed by atoms with van der Waals surface area (Å²) in [5.41, 5.74) is 1.15. The standard InChI is InChI=1S/C19H20N2O3S/c1-13(7-5-6-10-17(22)23)24-18-15-11-16(14-8-3-2-4-9-14)25-19(15)21-12-20-18/h2-4,8-9,11-13H,5-7,10H2,1H3,(H,22,23)/t13-/m1/s1. The van der Waals surface area contributed by atoms with Crippen LogP contribution in [0.3, 0.4) is 0 Å². The minimum atomic E-state index is -0.752. The van der Waals surface area contributed by atoms with E-state index in [9.17, 15) is 4.79 Å². The number of carboxylic acid groups (broad SMARTS) is 1. The van der Waals surface area contributed by atoms with E-state index in [0.717, 1.165) is 33.5 Å². The Balaban J connectivity index is 1.71. The molecule has 0 spiro atoms. The number of aliphatic carboxylic acids is 1. The number of hydrogen-bond donors (Lipinski definition) is 1. The van der Waals surface area contributed by atoms with E-state index < -0.39 is 5.97 Å². The van der Waals surface area contributed by atoms with Crippen molar-refractivity contribution in [3.63, 3.8) is 0 Å². The number of ether oxygens (including phenoxy) is 1. The second kappa shape index (κ2) is 8.07. The Hall–Kier alpha value is -2.47.